The second-order valence-corrected chi connectivity index (χ2v) is 8.04. The van der Waals surface area contributed by atoms with Crippen LogP contribution in [0.15, 0.2) is 42.6 Å². The average Bonchev–Trinajstić information content (AvgIpc) is 3.25. The summed E-state index contributed by atoms with van der Waals surface area (Å²) in [6.07, 6.45) is 2.83. The Morgan fingerprint density at radius 1 is 1.19 bits per heavy atom. The molecule has 2 fully saturated rings. The maximum atomic E-state index is 12.6. The van der Waals surface area contributed by atoms with Crippen molar-refractivity contribution < 1.29 is 9.59 Å². The van der Waals surface area contributed by atoms with Crippen LogP contribution in [0.5, 0.6) is 0 Å². The van der Waals surface area contributed by atoms with Gasteiger partial charge in [0.2, 0.25) is 5.82 Å². The summed E-state index contributed by atoms with van der Waals surface area (Å²) in [6.45, 7) is 2.03. The fraction of sp³-hybridized carbons (Fsp3) is 0.318. The summed E-state index contributed by atoms with van der Waals surface area (Å²) in [5, 5.41) is 13.0. The Bertz CT molecular complexity index is 1220. The van der Waals surface area contributed by atoms with Gasteiger partial charge in [-0.2, -0.15) is 5.26 Å². The second kappa shape index (κ2) is 7.18. The van der Waals surface area contributed by atoms with Crippen molar-refractivity contribution in [3.8, 4) is 11.8 Å². The van der Waals surface area contributed by atoms with Crippen LogP contribution in [-0.2, 0) is 11.3 Å². The van der Waals surface area contributed by atoms with E-state index in [9.17, 15) is 14.9 Å². The van der Waals surface area contributed by atoms with Gasteiger partial charge in [-0.3, -0.25) is 19.2 Å². The number of aromatic nitrogens is 3. The first kappa shape index (κ1) is 19.2. The van der Waals surface area contributed by atoms with E-state index >= 15 is 0 Å². The minimum atomic E-state index is -0.776. The lowest BCUT2D eigenvalue weighted by Gasteiger charge is -2.37. The summed E-state index contributed by atoms with van der Waals surface area (Å²) in [6, 6.07) is 13.6. The summed E-state index contributed by atoms with van der Waals surface area (Å²) < 4.78 is 2.05. The van der Waals surface area contributed by atoms with E-state index in [4.69, 9.17) is 0 Å². The monoisotopic (exact) mass is 415 g/mol. The third-order valence-corrected chi connectivity index (χ3v) is 6.19. The van der Waals surface area contributed by atoms with E-state index in [1.807, 2.05) is 42.5 Å². The van der Waals surface area contributed by atoms with Gasteiger partial charge in [-0.05, 0) is 31.0 Å². The lowest BCUT2D eigenvalue weighted by molar-refractivity contribution is -0.132. The minimum absolute atomic E-state index is 0.133. The van der Waals surface area contributed by atoms with E-state index in [0.717, 1.165) is 16.8 Å². The molecule has 4 heterocycles. The third kappa shape index (κ3) is 3.12. The fourth-order valence-electron chi connectivity index (χ4n) is 4.49. The number of para-hydroxylation sites is 1. The molecular formula is C22H21N7O2. The summed E-state index contributed by atoms with van der Waals surface area (Å²) in [7, 11) is 1.52. The molecule has 1 spiro atoms. The van der Waals surface area contributed by atoms with Crippen molar-refractivity contribution in [2.24, 2.45) is 0 Å². The van der Waals surface area contributed by atoms with Crippen molar-refractivity contribution in [2.45, 2.75) is 24.9 Å². The first-order valence-corrected chi connectivity index (χ1v) is 10.2. The lowest BCUT2D eigenvalue weighted by atomic mass is 9.87. The van der Waals surface area contributed by atoms with Gasteiger partial charge in [0.05, 0.1) is 0 Å². The van der Waals surface area contributed by atoms with Crippen LogP contribution in [0.2, 0.25) is 0 Å². The predicted octanol–water partition coefficient (Wildman–Crippen LogP) is 1.81. The number of rotatable bonds is 3. The first-order valence-electron chi connectivity index (χ1n) is 10.2. The van der Waals surface area contributed by atoms with E-state index in [1.165, 1.54) is 11.9 Å². The number of urea groups is 1. The number of imide groups is 1. The van der Waals surface area contributed by atoms with Crippen molar-refractivity contribution in [1.82, 2.24) is 29.7 Å². The van der Waals surface area contributed by atoms with Gasteiger partial charge >= 0.3 is 6.03 Å². The number of nitrogens with zero attached hydrogens (tertiary/aromatic N) is 6. The first-order chi connectivity index (χ1) is 15.0. The van der Waals surface area contributed by atoms with Gasteiger partial charge < -0.3 is 5.32 Å². The molecule has 0 unspecified atom stereocenters. The van der Waals surface area contributed by atoms with Crippen molar-refractivity contribution in [3.05, 3.63) is 54.1 Å². The molecule has 156 valence electrons. The Hall–Kier alpha value is -3.77. The van der Waals surface area contributed by atoms with E-state index in [1.54, 1.807) is 6.20 Å². The quantitative estimate of drug-likeness (QED) is 0.654. The molecule has 3 aromatic rings. The zero-order valence-corrected chi connectivity index (χ0v) is 17.1. The molecule has 2 aliphatic rings. The van der Waals surface area contributed by atoms with Crippen LogP contribution in [0.3, 0.4) is 0 Å². The highest BCUT2D eigenvalue weighted by Crippen LogP contribution is 2.30. The topological polar surface area (TPSA) is 107 Å². The van der Waals surface area contributed by atoms with Crippen LogP contribution in [0.25, 0.3) is 16.7 Å². The van der Waals surface area contributed by atoms with Gasteiger partial charge in [0.25, 0.3) is 5.91 Å². The number of likely N-dealkylation sites (N-methyl/N-ethyl adjacent to an activating group) is 1. The molecular weight excluding hydrogens is 394 g/mol. The van der Waals surface area contributed by atoms with Gasteiger partial charge in [-0.25, -0.2) is 14.8 Å². The Balaban J connectivity index is 1.45. The number of nitriles is 1. The van der Waals surface area contributed by atoms with E-state index in [2.05, 4.69) is 24.8 Å². The van der Waals surface area contributed by atoms with Crippen molar-refractivity contribution in [3.63, 3.8) is 0 Å². The minimum Gasteiger partial charge on any atom is -0.323 e. The molecule has 0 radical (unpaired) electrons. The SMILES string of the molecule is CN1C(=O)NC2(CCN(Cc3cc4cnc(C#N)nc4n3-c3ccccc3)CC2)C1=O. The van der Waals surface area contributed by atoms with Gasteiger partial charge in [0.15, 0.2) is 0 Å². The number of fused-ring (bicyclic) bond motifs is 1. The summed E-state index contributed by atoms with van der Waals surface area (Å²) in [5.74, 6) is -0.0105. The largest absolute Gasteiger partial charge is 0.324 e. The molecule has 0 aliphatic carbocycles. The number of amides is 3. The number of carbonyl (C=O) groups is 2. The van der Waals surface area contributed by atoms with E-state index in [-0.39, 0.29) is 17.8 Å². The summed E-state index contributed by atoms with van der Waals surface area (Å²) in [4.78, 5) is 36.5. The van der Waals surface area contributed by atoms with E-state index in [0.29, 0.717) is 38.1 Å². The highest BCUT2D eigenvalue weighted by atomic mass is 16.2. The number of piperidine rings is 1. The molecule has 1 aromatic carbocycles. The van der Waals surface area contributed by atoms with Crippen LogP contribution >= 0.6 is 0 Å². The molecule has 5 rings (SSSR count). The van der Waals surface area contributed by atoms with Crippen LogP contribution in [-0.4, -0.2) is 61.9 Å². The predicted molar refractivity (Wildman–Crippen MR) is 112 cm³/mol. The smallest absolute Gasteiger partial charge is 0.323 e. The summed E-state index contributed by atoms with van der Waals surface area (Å²) >= 11 is 0. The molecule has 0 saturated carbocycles. The molecule has 2 aliphatic heterocycles. The molecule has 0 bridgehead atoms. The van der Waals surface area contributed by atoms with Crippen LogP contribution in [0.4, 0.5) is 4.79 Å². The fourth-order valence-corrected chi connectivity index (χ4v) is 4.49. The second-order valence-electron chi connectivity index (χ2n) is 8.04. The zero-order chi connectivity index (χ0) is 21.6. The Morgan fingerprint density at radius 2 is 1.94 bits per heavy atom. The molecule has 0 atom stereocenters. The molecule has 2 saturated heterocycles. The molecule has 31 heavy (non-hydrogen) atoms. The molecule has 3 amide bonds. The maximum Gasteiger partial charge on any atom is 0.324 e. The standard InChI is InChI=1S/C22H21N7O2/c1-27-20(30)22(26-21(27)31)7-9-28(10-8-22)14-17-11-15-13-24-18(12-23)25-19(15)29(17)16-5-3-2-4-6-16/h2-6,11,13H,7-10,14H2,1H3,(H,26,31). The summed E-state index contributed by atoms with van der Waals surface area (Å²) in [5.41, 5.74) is 1.91. The third-order valence-electron chi connectivity index (χ3n) is 6.19. The van der Waals surface area contributed by atoms with Gasteiger partial charge in [0.1, 0.15) is 17.3 Å². The van der Waals surface area contributed by atoms with Gasteiger partial charge in [-0.1, -0.05) is 18.2 Å². The van der Waals surface area contributed by atoms with Crippen molar-refractivity contribution >= 4 is 23.0 Å². The number of carbonyl (C=O) groups excluding carboxylic acids is 2. The van der Waals surface area contributed by atoms with Crippen molar-refractivity contribution in [2.75, 3.05) is 20.1 Å². The lowest BCUT2D eigenvalue weighted by Crippen LogP contribution is -2.54. The van der Waals surface area contributed by atoms with Crippen molar-refractivity contribution in [1.29, 1.82) is 5.26 Å². The van der Waals surface area contributed by atoms with Gasteiger partial charge in [0, 0.05) is 49.6 Å². The molecule has 9 nitrogen and oxygen atoms in total. The highest BCUT2D eigenvalue weighted by Gasteiger charge is 2.50. The zero-order valence-electron chi connectivity index (χ0n) is 17.1. The highest BCUT2D eigenvalue weighted by molar-refractivity contribution is 6.06. The Morgan fingerprint density at radius 3 is 2.58 bits per heavy atom. The number of likely N-dealkylation sites (tertiary alicyclic amines) is 1. The van der Waals surface area contributed by atoms with E-state index < -0.39 is 5.54 Å². The molecule has 1 N–H and O–H groups in total. The molecule has 9 heteroatoms. The number of hydrogen-bond acceptors (Lipinski definition) is 6. The number of nitrogens with one attached hydrogen (secondary N) is 1. The maximum absolute atomic E-state index is 12.6. The number of benzene rings is 1. The Kier molecular flexibility index (Phi) is 4.45. The van der Waals surface area contributed by atoms with Gasteiger partial charge in [-0.15, -0.1) is 0 Å². The number of hydrogen-bond donors (Lipinski definition) is 1. The van der Waals surface area contributed by atoms with Crippen LogP contribution < -0.4 is 5.32 Å². The van der Waals surface area contributed by atoms with Crippen LogP contribution in [0, 0.1) is 11.3 Å². The van der Waals surface area contributed by atoms with Crippen LogP contribution in [0.1, 0.15) is 24.4 Å². The normalized spacial score (nSPS) is 18.5. The Labute approximate surface area is 178 Å². The molecule has 2 aromatic heterocycles. The average molecular weight is 415 g/mol.